The lowest BCUT2D eigenvalue weighted by Crippen LogP contribution is -2.26. The van der Waals surface area contributed by atoms with Gasteiger partial charge in [-0.3, -0.25) is 0 Å². The van der Waals surface area contributed by atoms with Crippen molar-refractivity contribution in [2.45, 2.75) is 38.7 Å². The molecule has 0 unspecified atom stereocenters. The van der Waals surface area contributed by atoms with Gasteiger partial charge in [0.05, 0.1) is 18.8 Å². The summed E-state index contributed by atoms with van der Waals surface area (Å²) in [6.45, 7) is 3.33. The Balaban J connectivity index is 1.49. The fourth-order valence-corrected chi connectivity index (χ4v) is 3.89. The van der Waals surface area contributed by atoms with E-state index < -0.39 is 29.7 Å². The van der Waals surface area contributed by atoms with E-state index >= 15 is 4.39 Å². The molecule has 1 aliphatic rings. The third-order valence-corrected chi connectivity index (χ3v) is 5.90. The quantitative estimate of drug-likeness (QED) is 0.390. The second-order valence-electron chi connectivity index (χ2n) is 8.10. The lowest BCUT2D eigenvalue weighted by molar-refractivity contribution is -0.205. The summed E-state index contributed by atoms with van der Waals surface area (Å²) in [7, 11) is 0. The molecule has 0 bridgehead atoms. The summed E-state index contributed by atoms with van der Waals surface area (Å²) in [6, 6.07) is 11.5. The monoisotopic (exact) mass is 450 g/mol. The van der Waals surface area contributed by atoms with Gasteiger partial charge in [-0.25, -0.2) is 8.78 Å². The highest BCUT2D eigenvalue weighted by molar-refractivity contribution is 5.84. The Kier molecular flexibility index (Phi) is 6.49. The molecule has 0 aromatic heterocycles. The largest absolute Gasteiger partial charge is 0.419 e. The van der Waals surface area contributed by atoms with Crippen LogP contribution in [0.2, 0.25) is 0 Å². The van der Waals surface area contributed by atoms with E-state index in [-0.39, 0.29) is 12.8 Å². The lowest BCUT2D eigenvalue weighted by Gasteiger charge is -2.29. The van der Waals surface area contributed by atoms with Crippen LogP contribution in [0.3, 0.4) is 0 Å². The predicted molar refractivity (Wildman–Crippen MR) is 111 cm³/mol. The van der Waals surface area contributed by atoms with E-state index in [0.29, 0.717) is 41.0 Å². The van der Waals surface area contributed by atoms with Crippen LogP contribution >= 0.6 is 0 Å². The number of rotatable bonds is 5. The van der Waals surface area contributed by atoms with E-state index in [9.17, 15) is 17.6 Å². The van der Waals surface area contributed by atoms with Gasteiger partial charge in [-0.05, 0) is 54.0 Å². The molecule has 2 nitrogen and oxygen atoms in total. The number of fused-ring (bicyclic) bond motifs is 1. The highest BCUT2D eigenvalue weighted by Gasteiger charge is 2.33. The van der Waals surface area contributed by atoms with E-state index in [1.807, 2.05) is 6.07 Å². The Morgan fingerprint density at radius 2 is 1.66 bits per heavy atom. The van der Waals surface area contributed by atoms with Gasteiger partial charge in [0.2, 0.25) is 0 Å². The summed E-state index contributed by atoms with van der Waals surface area (Å²) in [5.74, 6) is -1.33. The van der Waals surface area contributed by atoms with E-state index in [1.54, 1.807) is 24.3 Å². The van der Waals surface area contributed by atoms with Crippen molar-refractivity contribution in [1.82, 2.24) is 0 Å². The van der Waals surface area contributed by atoms with Gasteiger partial charge in [-0.2, -0.15) is 13.2 Å². The number of halogens is 5. The Morgan fingerprint density at radius 1 is 0.906 bits per heavy atom. The van der Waals surface area contributed by atoms with Crippen molar-refractivity contribution < 1.29 is 31.4 Å². The first-order valence-corrected chi connectivity index (χ1v) is 10.6. The standard InChI is InChI=1S/C25H23F5O2/c1-2-15-13-31-24(32-14-15)19-8-9-20-18(12-19)7-6-17(23(20)27)5-3-16-4-10-21(22(26)11-16)25(28,29)30/h4,6-12,15,24H,2-3,5,13-14H2,1H3. The summed E-state index contributed by atoms with van der Waals surface area (Å²) in [5.41, 5.74) is 0.313. The van der Waals surface area contributed by atoms with Crippen LogP contribution in [0.15, 0.2) is 48.5 Å². The topological polar surface area (TPSA) is 18.5 Å². The summed E-state index contributed by atoms with van der Waals surface area (Å²) in [4.78, 5) is 0. The molecular formula is C25H23F5O2. The van der Waals surface area contributed by atoms with E-state index in [2.05, 4.69) is 6.92 Å². The van der Waals surface area contributed by atoms with Crippen molar-refractivity contribution in [3.05, 3.63) is 82.4 Å². The highest BCUT2D eigenvalue weighted by Crippen LogP contribution is 2.33. The Bertz CT molecular complexity index is 1100. The molecule has 32 heavy (non-hydrogen) atoms. The average Bonchev–Trinajstić information content (AvgIpc) is 2.77. The molecule has 3 aromatic rings. The molecule has 1 aliphatic heterocycles. The van der Waals surface area contributed by atoms with Gasteiger partial charge in [0.25, 0.3) is 0 Å². The molecule has 0 atom stereocenters. The molecule has 0 spiro atoms. The normalized spacial score (nSPS) is 19.4. The molecule has 1 saturated heterocycles. The molecule has 1 fully saturated rings. The molecule has 1 heterocycles. The van der Waals surface area contributed by atoms with Crippen LogP contribution < -0.4 is 0 Å². The second kappa shape index (κ2) is 9.16. The van der Waals surface area contributed by atoms with Crippen LogP contribution in [0.4, 0.5) is 22.0 Å². The molecule has 0 aliphatic carbocycles. The fraction of sp³-hybridized carbons (Fsp3) is 0.360. The van der Waals surface area contributed by atoms with Crippen LogP contribution in [0.25, 0.3) is 10.8 Å². The number of hydrogen-bond acceptors (Lipinski definition) is 2. The number of hydrogen-bond donors (Lipinski definition) is 0. The maximum atomic E-state index is 15.1. The van der Waals surface area contributed by atoms with E-state index in [0.717, 1.165) is 24.1 Å². The van der Waals surface area contributed by atoms with Gasteiger partial charge in [-0.15, -0.1) is 0 Å². The molecule has 0 radical (unpaired) electrons. The Labute approximate surface area is 183 Å². The molecular weight excluding hydrogens is 427 g/mol. The van der Waals surface area contributed by atoms with Crippen LogP contribution in [-0.4, -0.2) is 13.2 Å². The Hall–Kier alpha value is -2.51. The molecule has 0 N–H and O–H groups in total. The lowest BCUT2D eigenvalue weighted by atomic mass is 9.98. The summed E-state index contributed by atoms with van der Waals surface area (Å²) >= 11 is 0. The van der Waals surface area contributed by atoms with Gasteiger partial charge in [0.1, 0.15) is 11.6 Å². The summed E-state index contributed by atoms with van der Waals surface area (Å²) in [6.07, 6.45) is -3.77. The maximum absolute atomic E-state index is 15.1. The van der Waals surface area contributed by atoms with Crippen molar-refractivity contribution in [1.29, 1.82) is 0 Å². The first-order chi connectivity index (χ1) is 15.3. The zero-order valence-electron chi connectivity index (χ0n) is 17.5. The second-order valence-corrected chi connectivity index (χ2v) is 8.10. The van der Waals surface area contributed by atoms with E-state index in [1.165, 1.54) is 6.07 Å². The zero-order chi connectivity index (χ0) is 22.9. The minimum atomic E-state index is -4.74. The Morgan fingerprint density at radius 3 is 2.31 bits per heavy atom. The molecule has 3 aromatic carbocycles. The average molecular weight is 450 g/mol. The molecule has 0 amide bonds. The van der Waals surface area contributed by atoms with Crippen molar-refractivity contribution in [3.63, 3.8) is 0 Å². The summed E-state index contributed by atoms with van der Waals surface area (Å²) < 4.78 is 78.5. The predicted octanol–water partition coefficient (Wildman–Crippen LogP) is 6.99. The molecule has 0 saturated carbocycles. The van der Waals surface area contributed by atoms with Crippen LogP contribution in [0.5, 0.6) is 0 Å². The molecule has 7 heteroatoms. The SMILES string of the molecule is CCC1COC(c2ccc3c(F)c(CCc4ccc(C(F)(F)F)c(F)c4)ccc3c2)OC1. The third kappa shape index (κ3) is 4.79. The van der Waals surface area contributed by atoms with Crippen molar-refractivity contribution in [3.8, 4) is 0 Å². The smallest absolute Gasteiger partial charge is 0.348 e. The van der Waals surface area contributed by atoms with Crippen molar-refractivity contribution in [2.24, 2.45) is 5.92 Å². The zero-order valence-corrected chi connectivity index (χ0v) is 17.5. The first-order valence-electron chi connectivity index (χ1n) is 10.6. The molecule has 4 rings (SSSR count). The van der Waals surface area contributed by atoms with Gasteiger partial charge in [0.15, 0.2) is 6.29 Å². The number of benzene rings is 3. The summed E-state index contributed by atoms with van der Waals surface area (Å²) in [5, 5.41) is 1.14. The minimum Gasteiger partial charge on any atom is -0.348 e. The number of alkyl halides is 3. The third-order valence-electron chi connectivity index (χ3n) is 5.90. The maximum Gasteiger partial charge on any atom is 0.419 e. The van der Waals surface area contributed by atoms with Crippen molar-refractivity contribution in [2.75, 3.05) is 13.2 Å². The number of ether oxygens (including phenoxy) is 2. The van der Waals surface area contributed by atoms with Crippen LogP contribution in [0.1, 0.15) is 41.9 Å². The van der Waals surface area contributed by atoms with Crippen LogP contribution in [0, 0.1) is 17.6 Å². The van der Waals surface area contributed by atoms with Crippen LogP contribution in [-0.2, 0) is 28.5 Å². The van der Waals surface area contributed by atoms with Gasteiger partial charge >= 0.3 is 6.18 Å². The van der Waals surface area contributed by atoms with Crippen molar-refractivity contribution >= 4 is 10.8 Å². The van der Waals surface area contributed by atoms with Gasteiger partial charge < -0.3 is 9.47 Å². The first kappa shape index (κ1) is 22.7. The molecule has 170 valence electrons. The fourth-order valence-electron chi connectivity index (χ4n) is 3.89. The van der Waals surface area contributed by atoms with E-state index in [4.69, 9.17) is 9.47 Å². The highest BCUT2D eigenvalue weighted by atomic mass is 19.4. The minimum absolute atomic E-state index is 0.220. The number of aryl methyl sites for hydroxylation is 2. The van der Waals surface area contributed by atoms with Gasteiger partial charge in [-0.1, -0.05) is 37.3 Å². The van der Waals surface area contributed by atoms with Gasteiger partial charge in [0, 0.05) is 16.9 Å².